The first-order chi connectivity index (χ1) is 16.6. The minimum absolute atomic E-state index is 0.0692. The van der Waals surface area contributed by atoms with Gasteiger partial charge in [0.15, 0.2) is 0 Å². The fraction of sp³-hybridized carbons (Fsp3) is 0.364. The van der Waals surface area contributed by atoms with Gasteiger partial charge in [-0.05, 0) is 49.2 Å². The number of rotatable bonds is 7. The van der Waals surface area contributed by atoms with Gasteiger partial charge in [-0.2, -0.15) is 13.2 Å². The number of benzene rings is 2. The SMILES string of the molecule is COc1ccc(NCC(=O)NNC(=O)C2CCN(c3ccc(C(F)(F)F)cc3[N+](=O)[O-])CC2)cc1. The number of halogens is 3. The molecule has 188 valence electrons. The number of alkyl halides is 3. The molecule has 0 unspecified atom stereocenters. The Labute approximate surface area is 198 Å². The van der Waals surface area contributed by atoms with Crippen LogP contribution < -0.4 is 25.8 Å². The molecule has 2 aromatic carbocycles. The van der Waals surface area contributed by atoms with Gasteiger partial charge in [-0.25, -0.2) is 0 Å². The second-order valence-electron chi connectivity index (χ2n) is 7.84. The molecule has 3 N–H and O–H groups in total. The third-order valence-corrected chi connectivity index (χ3v) is 5.57. The molecule has 0 saturated carbocycles. The summed E-state index contributed by atoms with van der Waals surface area (Å²) in [5, 5.41) is 14.2. The van der Waals surface area contributed by atoms with Crippen molar-refractivity contribution in [2.24, 2.45) is 5.92 Å². The van der Waals surface area contributed by atoms with Crippen molar-refractivity contribution in [1.29, 1.82) is 0 Å². The molecule has 1 saturated heterocycles. The van der Waals surface area contributed by atoms with E-state index in [9.17, 15) is 32.9 Å². The standard InChI is InChI=1S/C22H24F3N5O5/c1-35-17-5-3-16(4-6-17)26-13-20(31)27-28-21(32)14-8-10-29(11-9-14)18-7-2-15(22(23,24)25)12-19(18)30(33)34/h2-7,12,14,26H,8-11,13H2,1H3,(H,27,31)(H,28,32). The summed E-state index contributed by atoms with van der Waals surface area (Å²) in [5.41, 5.74) is 3.71. The lowest BCUT2D eigenvalue weighted by atomic mass is 9.95. The maximum absolute atomic E-state index is 12.9. The molecule has 1 fully saturated rings. The number of methoxy groups -OCH3 is 1. The molecule has 10 nitrogen and oxygen atoms in total. The molecule has 1 aliphatic heterocycles. The monoisotopic (exact) mass is 495 g/mol. The highest BCUT2D eigenvalue weighted by Gasteiger charge is 2.35. The van der Waals surface area contributed by atoms with E-state index in [0.29, 0.717) is 30.3 Å². The number of nitrogens with one attached hydrogen (secondary N) is 3. The number of carbonyl (C=O) groups excluding carboxylic acids is 2. The molecule has 2 amide bonds. The highest BCUT2D eigenvalue weighted by atomic mass is 19.4. The number of hydrogen-bond acceptors (Lipinski definition) is 7. The van der Waals surface area contributed by atoms with Crippen LogP contribution in [0.2, 0.25) is 0 Å². The lowest BCUT2D eigenvalue weighted by molar-refractivity contribution is -0.384. The fourth-order valence-corrected chi connectivity index (χ4v) is 3.66. The van der Waals surface area contributed by atoms with Crippen molar-refractivity contribution in [2.45, 2.75) is 19.0 Å². The number of piperidine rings is 1. The maximum atomic E-state index is 12.9. The summed E-state index contributed by atoms with van der Waals surface area (Å²) < 4.78 is 43.8. The summed E-state index contributed by atoms with van der Waals surface area (Å²) >= 11 is 0. The van der Waals surface area contributed by atoms with E-state index in [4.69, 9.17) is 4.74 Å². The lowest BCUT2D eigenvalue weighted by Crippen LogP contribution is -2.48. The van der Waals surface area contributed by atoms with Gasteiger partial charge >= 0.3 is 6.18 Å². The Morgan fingerprint density at radius 1 is 1.11 bits per heavy atom. The number of nitro groups is 1. The Balaban J connectivity index is 1.48. The highest BCUT2D eigenvalue weighted by Crippen LogP contribution is 2.37. The maximum Gasteiger partial charge on any atom is 0.416 e. The van der Waals surface area contributed by atoms with Crippen LogP contribution in [-0.2, 0) is 15.8 Å². The van der Waals surface area contributed by atoms with Crippen molar-refractivity contribution >= 4 is 28.9 Å². The van der Waals surface area contributed by atoms with Crippen LogP contribution in [0.3, 0.4) is 0 Å². The molecule has 0 atom stereocenters. The largest absolute Gasteiger partial charge is 0.497 e. The zero-order valence-corrected chi connectivity index (χ0v) is 18.7. The molecule has 0 aromatic heterocycles. The van der Waals surface area contributed by atoms with Crippen molar-refractivity contribution in [3.8, 4) is 5.75 Å². The molecule has 0 aliphatic carbocycles. The molecule has 2 aromatic rings. The van der Waals surface area contributed by atoms with Crippen LogP contribution in [0.25, 0.3) is 0 Å². The molecular formula is C22H24F3N5O5. The molecule has 3 rings (SSSR count). The van der Waals surface area contributed by atoms with Gasteiger partial charge in [0.2, 0.25) is 5.91 Å². The first-order valence-corrected chi connectivity index (χ1v) is 10.7. The van der Waals surface area contributed by atoms with Crippen LogP contribution in [0.1, 0.15) is 18.4 Å². The molecule has 0 bridgehead atoms. The number of ether oxygens (including phenoxy) is 1. The summed E-state index contributed by atoms with van der Waals surface area (Å²) in [5.74, 6) is -0.669. The van der Waals surface area contributed by atoms with Crippen molar-refractivity contribution in [3.63, 3.8) is 0 Å². The van der Waals surface area contributed by atoms with E-state index in [2.05, 4.69) is 16.2 Å². The van der Waals surface area contributed by atoms with Gasteiger partial charge < -0.3 is 15.0 Å². The topological polar surface area (TPSA) is 126 Å². The van der Waals surface area contributed by atoms with E-state index in [-0.39, 0.29) is 25.3 Å². The van der Waals surface area contributed by atoms with E-state index < -0.39 is 40.1 Å². The van der Waals surface area contributed by atoms with Gasteiger partial charge in [-0.15, -0.1) is 0 Å². The highest BCUT2D eigenvalue weighted by molar-refractivity contribution is 5.85. The van der Waals surface area contributed by atoms with Crippen LogP contribution in [0.5, 0.6) is 5.75 Å². The van der Waals surface area contributed by atoms with Crippen molar-refractivity contribution in [1.82, 2.24) is 10.9 Å². The fourth-order valence-electron chi connectivity index (χ4n) is 3.66. The predicted molar refractivity (Wildman–Crippen MR) is 121 cm³/mol. The summed E-state index contributed by atoms with van der Waals surface area (Å²) in [4.78, 5) is 36.5. The Hall–Kier alpha value is -4.03. The van der Waals surface area contributed by atoms with E-state index in [1.807, 2.05) is 0 Å². The molecule has 1 heterocycles. The van der Waals surface area contributed by atoms with Crippen molar-refractivity contribution in [3.05, 3.63) is 58.1 Å². The Bertz CT molecular complexity index is 1070. The van der Waals surface area contributed by atoms with E-state index >= 15 is 0 Å². The second-order valence-corrected chi connectivity index (χ2v) is 7.84. The predicted octanol–water partition coefficient (Wildman–Crippen LogP) is 3.10. The molecule has 0 radical (unpaired) electrons. The molecule has 0 spiro atoms. The van der Waals surface area contributed by atoms with Crippen LogP contribution in [0, 0.1) is 16.0 Å². The van der Waals surface area contributed by atoms with Gasteiger partial charge in [0.25, 0.3) is 11.6 Å². The third-order valence-electron chi connectivity index (χ3n) is 5.57. The van der Waals surface area contributed by atoms with Gasteiger partial charge in [0.1, 0.15) is 11.4 Å². The number of hydrogen-bond donors (Lipinski definition) is 3. The molecular weight excluding hydrogens is 471 g/mol. The zero-order valence-electron chi connectivity index (χ0n) is 18.7. The Morgan fingerprint density at radius 3 is 2.34 bits per heavy atom. The summed E-state index contributed by atoms with van der Waals surface area (Å²) in [7, 11) is 1.54. The zero-order chi connectivity index (χ0) is 25.6. The number of amides is 2. The van der Waals surface area contributed by atoms with Gasteiger partial charge in [0.05, 0.1) is 24.1 Å². The van der Waals surface area contributed by atoms with Gasteiger partial charge in [0, 0.05) is 30.8 Å². The van der Waals surface area contributed by atoms with Crippen LogP contribution in [-0.4, -0.2) is 43.5 Å². The minimum atomic E-state index is -4.69. The van der Waals surface area contributed by atoms with E-state index in [0.717, 1.165) is 12.1 Å². The van der Waals surface area contributed by atoms with E-state index in [1.165, 1.54) is 0 Å². The van der Waals surface area contributed by atoms with Crippen LogP contribution in [0.15, 0.2) is 42.5 Å². The minimum Gasteiger partial charge on any atom is -0.497 e. The van der Waals surface area contributed by atoms with Gasteiger partial charge in [-0.3, -0.25) is 30.6 Å². The third kappa shape index (κ3) is 6.74. The number of nitro benzene ring substituents is 1. The van der Waals surface area contributed by atoms with Crippen molar-refractivity contribution in [2.75, 3.05) is 37.0 Å². The first-order valence-electron chi connectivity index (χ1n) is 10.7. The van der Waals surface area contributed by atoms with Gasteiger partial charge in [-0.1, -0.05) is 0 Å². The van der Waals surface area contributed by atoms with Crippen LogP contribution in [0.4, 0.5) is 30.2 Å². The van der Waals surface area contributed by atoms with E-state index in [1.54, 1.807) is 36.3 Å². The van der Waals surface area contributed by atoms with Crippen LogP contribution >= 0.6 is 0 Å². The quantitative estimate of drug-likeness (QED) is 0.398. The first kappa shape index (κ1) is 25.6. The number of hydrazine groups is 1. The summed E-state index contributed by atoms with van der Waals surface area (Å²) in [6.07, 6.45) is -4.07. The molecule has 35 heavy (non-hydrogen) atoms. The Kier molecular flexibility index (Phi) is 7.99. The summed E-state index contributed by atoms with van der Waals surface area (Å²) in [6, 6.07) is 9.33. The second kappa shape index (κ2) is 10.9. The normalized spacial score (nSPS) is 14.2. The molecule has 13 heteroatoms. The smallest absolute Gasteiger partial charge is 0.416 e. The number of carbonyl (C=O) groups is 2. The molecule has 1 aliphatic rings. The lowest BCUT2D eigenvalue weighted by Gasteiger charge is -2.32. The average molecular weight is 495 g/mol. The summed E-state index contributed by atoms with van der Waals surface area (Å²) in [6.45, 7) is 0.386. The van der Waals surface area contributed by atoms with Crippen molar-refractivity contribution < 1.29 is 32.4 Å². The Morgan fingerprint density at radius 2 is 1.77 bits per heavy atom. The number of anilines is 2. The average Bonchev–Trinajstić information content (AvgIpc) is 2.85. The number of nitrogens with zero attached hydrogens (tertiary/aromatic N) is 2.